The second-order valence-electron chi connectivity index (χ2n) is 3.96. The highest BCUT2D eigenvalue weighted by atomic mass is 16.2. The Kier molecular flexibility index (Phi) is 2.93. The molecule has 0 bridgehead atoms. The lowest BCUT2D eigenvalue weighted by atomic mass is 10.0. The number of aryl methyl sites for hydroxylation is 2. The highest BCUT2D eigenvalue weighted by Crippen LogP contribution is 2.22. The number of hydrogen-bond acceptors (Lipinski definition) is 3. The zero-order chi connectivity index (χ0) is 12.4. The molecule has 1 heterocycles. The van der Waals surface area contributed by atoms with E-state index >= 15 is 0 Å². The minimum atomic E-state index is -0.381. The van der Waals surface area contributed by atoms with E-state index in [1.807, 2.05) is 26.0 Å². The van der Waals surface area contributed by atoms with E-state index < -0.39 is 0 Å². The lowest BCUT2D eigenvalue weighted by molar-refractivity contribution is 0.0948. The molecule has 4 N–H and O–H groups in total. The van der Waals surface area contributed by atoms with Crippen molar-refractivity contribution in [3.63, 3.8) is 0 Å². The summed E-state index contributed by atoms with van der Waals surface area (Å²) in [4.78, 5) is 11.3. The van der Waals surface area contributed by atoms with E-state index in [0.29, 0.717) is 5.69 Å². The lowest BCUT2D eigenvalue weighted by Gasteiger charge is -2.02. The van der Waals surface area contributed by atoms with E-state index in [4.69, 9.17) is 5.84 Å². The minimum absolute atomic E-state index is 0.350. The van der Waals surface area contributed by atoms with Gasteiger partial charge in [-0.2, -0.15) is 5.10 Å². The molecule has 2 rings (SSSR count). The summed E-state index contributed by atoms with van der Waals surface area (Å²) in [5, 5.41) is 6.76. The number of aromatic nitrogens is 2. The third-order valence-electron chi connectivity index (χ3n) is 2.61. The fourth-order valence-corrected chi connectivity index (χ4v) is 1.75. The predicted molar refractivity (Wildman–Crippen MR) is 65.2 cm³/mol. The number of nitrogens with one attached hydrogen (secondary N) is 2. The van der Waals surface area contributed by atoms with Gasteiger partial charge in [0, 0.05) is 5.56 Å². The second kappa shape index (κ2) is 4.39. The highest BCUT2D eigenvalue weighted by molar-refractivity contribution is 5.92. The number of hydrogen-bond donors (Lipinski definition) is 3. The topological polar surface area (TPSA) is 83.8 Å². The summed E-state index contributed by atoms with van der Waals surface area (Å²) < 4.78 is 0. The summed E-state index contributed by atoms with van der Waals surface area (Å²) in [6, 6.07) is 7.76. The van der Waals surface area contributed by atoms with Crippen LogP contribution in [0.25, 0.3) is 11.3 Å². The van der Waals surface area contributed by atoms with Crippen molar-refractivity contribution in [3.05, 3.63) is 41.1 Å². The van der Waals surface area contributed by atoms with Crippen LogP contribution in [0.4, 0.5) is 0 Å². The number of benzene rings is 1. The van der Waals surface area contributed by atoms with Crippen LogP contribution in [-0.4, -0.2) is 16.1 Å². The average molecular weight is 230 g/mol. The van der Waals surface area contributed by atoms with Gasteiger partial charge in [0.15, 0.2) is 0 Å². The monoisotopic (exact) mass is 230 g/mol. The van der Waals surface area contributed by atoms with Crippen molar-refractivity contribution in [1.29, 1.82) is 0 Å². The summed E-state index contributed by atoms with van der Waals surface area (Å²) in [5.41, 5.74) is 6.47. The largest absolute Gasteiger partial charge is 0.289 e. The molecule has 1 amide bonds. The third-order valence-corrected chi connectivity index (χ3v) is 2.61. The molecule has 1 aromatic carbocycles. The van der Waals surface area contributed by atoms with Crippen LogP contribution >= 0.6 is 0 Å². The highest BCUT2D eigenvalue weighted by Gasteiger charge is 2.10. The van der Waals surface area contributed by atoms with E-state index in [9.17, 15) is 4.79 Å². The Labute approximate surface area is 99.0 Å². The van der Waals surface area contributed by atoms with Gasteiger partial charge in [0.05, 0.1) is 5.69 Å². The molecule has 88 valence electrons. The molecule has 0 atom stereocenters. The third kappa shape index (κ3) is 2.19. The second-order valence-corrected chi connectivity index (χ2v) is 3.96. The Morgan fingerprint density at radius 2 is 2.12 bits per heavy atom. The molecule has 0 saturated heterocycles. The van der Waals surface area contributed by atoms with Crippen LogP contribution in [0.2, 0.25) is 0 Å². The number of H-pyrrole nitrogens is 1. The molecular formula is C12H14N4O. The summed E-state index contributed by atoms with van der Waals surface area (Å²) >= 11 is 0. The SMILES string of the molecule is Cc1ccc(-c2cc(C(=O)NN)[nH]n2)c(C)c1. The smallest absolute Gasteiger partial charge is 0.283 e. The quantitative estimate of drug-likeness (QED) is 0.413. The Morgan fingerprint density at radius 1 is 1.35 bits per heavy atom. The molecule has 0 unspecified atom stereocenters. The van der Waals surface area contributed by atoms with Crippen LogP contribution in [-0.2, 0) is 0 Å². The van der Waals surface area contributed by atoms with E-state index in [1.54, 1.807) is 6.07 Å². The van der Waals surface area contributed by atoms with Crippen molar-refractivity contribution in [2.75, 3.05) is 0 Å². The van der Waals surface area contributed by atoms with Gasteiger partial charge in [-0.15, -0.1) is 0 Å². The van der Waals surface area contributed by atoms with Crippen molar-refractivity contribution in [1.82, 2.24) is 15.6 Å². The van der Waals surface area contributed by atoms with Gasteiger partial charge in [-0.25, -0.2) is 5.84 Å². The average Bonchev–Trinajstić information content (AvgIpc) is 2.77. The van der Waals surface area contributed by atoms with E-state index in [1.165, 1.54) is 5.56 Å². The van der Waals surface area contributed by atoms with Crippen molar-refractivity contribution < 1.29 is 4.79 Å². The molecule has 5 heteroatoms. The maximum absolute atomic E-state index is 11.3. The van der Waals surface area contributed by atoms with Gasteiger partial charge in [-0.1, -0.05) is 23.8 Å². The summed E-state index contributed by atoms with van der Waals surface area (Å²) in [7, 11) is 0. The Bertz CT molecular complexity index is 559. The number of rotatable bonds is 2. The fraction of sp³-hybridized carbons (Fsp3) is 0.167. The fourth-order valence-electron chi connectivity index (χ4n) is 1.75. The summed E-state index contributed by atoms with van der Waals surface area (Å²) in [6.45, 7) is 4.05. The van der Waals surface area contributed by atoms with Gasteiger partial charge >= 0.3 is 0 Å². The first-order valence-corrected chi connectivity index (χ1v) is 5.26. The Balaban J connectivity index is 2.40. The number of carbonyl (C=O) groups is 1. The predicted octanol–water partition coefficient (Wildman–Crippen LogP) is 1.30. The zero-order valence-corrected chi connectivity index (χ0v) is 9.74. The van der Waals surface area contributed by atoms with Crippen LogP contribution < -0.4 is 11.3 Å². The summed E-state index contributed by atoms with van der Waals surface area (Å²) in [6.07, 6.45) is 0. The number of aromatic amines is 1. The molecule has 2 aromatic rings. The van der Waals surface area contributed by atoms with E-state index in [0.717, 1.165) is 16.8 Å². The van der Waals surface area contributed by atoms with Crippen LogP contribution in [0.1, 0.15) is 21.6 Å². The molecule has 0 saturated carbocycles. The zero-order valence-electron chi connectivity index (χ0n) is 9.74. The summed E-state index contributed by atoms with van der Waals surface area (Å²) in [5.74, 6) is 4.67. The standard InChI is InChI=1S/C12H14N4O/c1-7-3-4-9(8(2)5-7)10-6-11(16-15-10)12(17)14-13/h3-6H,13H2,1-2H3,(H,14,17)(H,15,16). The normalized spacial score (nSPS) is 10.3. The van der Waals surface area contributed by atoms with Crippen LogP contribution in [0.3, 0.4) is 0 Å². The van der Waals surface area contributed by atoms with E-state index in [-0.39, 0.29) is 5.91 Å². The number of nitrogens with two attached hydrogens (primary N) is 1. The van der Waals surface area contributed by atoms with Crippen molar-refractivity contribution in [2.45, 2.75) is 13.8 Å². The molecule has 5 nitrogen and oxygen atoms in total. The molecular weight excluding hydrogens is 216 g/mol. The van der Waals surface area contributed by atoms with Gasteiger partial charge in [0.1, 0.15) is 5.69 Å². The molecule has 1 aromatic heterocycles. The first kappa shape index (κ1) is 11.3. The number of amides is 1. The van der Waals surface area contributed by atoms with Crippen LogP contribution in [0.15, 0.2) is 24.3 Å². The molecule has 0 radical (unpaired) electrons. The number of nitrogen functional groups attached to an aromatic ring is 1. The lowest BCUT2D eigenvalue weighted by Crippen LogP contribution is -2.30. The number of nitrogens with zero attached hydrogens (tertiary/aromatic N) is 1. The van der Waals surface area contributed by atoms with Crippen molar-refractivity contribution in [2.24, 2.45) is 5.84 Å². The molecule has 0 spiro atoms. The van der Waals surface area contributed by atoms with Crippen LogP contribution in [0, 0.1) is 13.8 Å². The van der Waals surface area contributed by atoms with Gasteiger partial charge < -0.3 is 0 Å². The van der Waals surface area contributed by atoms with Crippen molar-refractivity contribution >= 4 is 5.91 Å². The van der Waals surface area contributed by atoms with Gasteiger partial charge in [0.2, 0.25) is 0 Å². The first-order chi connectivity index (χ1) is 8.11. The Hall–Kier alpha value is -2.14. The van der Waals surface area contributed by atoms with E-state index in [2.05, 4.69) is 21.7 Å². The van der Waals surface area contributed by atoms with Crippen molar-refractivity contribution in [3.8, 4) is 11.3 Å². The van der Waals surface area contributed by atoms with Gasteiger partial charge in [0.25, 0.3) is 5.91 Å². The van der Waals surface area contributed by atoms with Gasteiger partial charge in [-0.3, -0.25) is 15.3 Å². The number of carbonyl (C=O) groups excluding carboxylic acids is 1. The molecule has 0 fully saturated rings. The number of hydrazine groups is 1. The molecule has 0 aliphatic carbocycles. The molecule has 17 heavy (non-hydrogen) atoms. The van der Waals surface area contributed by atoms with Crippen LogP contribution in [0.5, 0.6) is 0 Å². The maximum atomic E-state index is 11.3. The Morgan fingerprint density at radius 3 is 2.76 bits per heavy atom. The maximum Gasteiger partial charge on any atom is 0.283 e. The molecule has 0 aliphatic rings. The minimum Gasteiger partial charge on any atom is -0.289 e. The first-order valence-electron chi connectivity index (χ1n) is 5.26. The molecule has 0 aliphatic heterocycles. The van der Waals surface area contributed by atoms with Gasteiger partial charge in [-0.05, 0) is 25.5 Å².